The molecule has 0 amide bonds. The van der Waals surface area contributed by atoms with Gasteiger partial charge in [0.05, 0.1) is 6.54 Å². The van der Waals surface area contributed by atoms with Gasteiger partial charge < -0.3 is 4.42 Å². The highest BCUT2D eigenvalue weighted by atomic mass is 16.3. The van der Waals surface area contributed by atoms with Crippen LogP contribution in [-0.4, -0.2) is 17.0 Å². The molecule has 2 aliphatic heterocycles. The number of nitrogens with zero attached hydrogens (tertiary/aromatic N) is 1. The van der Waals surface area contributed by atoms with Gasteiger partial charge in [0.1, 0.15) is 11.5 Å². The molecule has 15 heavy (non-hydrogen) atoms. The Bertz CT molecular complexity index is 380. The molecule has 2 unspecified atom stereocenters. The summed E-state index contributed by atoms with van der Waals surface area (Å²) in [6.45, 7) is 2.99. The number of hydrogen-bond donors (Lipinski definition) is 0. The normalized spacial score (nSPS) is 29.9. The molecular formula is C13H17NO. The fourth-order valence-electron chi connectivity index (χ4n) is 2.81. The van der Waals surface area contributed by atoms with Gasteiger partial charge in [0, 0.05) is 12.1 Å². The van der Waals surface area contributed by atoms with Gasteiger partial charge in [-0.1, -0.05) is 12.2 Å². The lowest BCUT2D eigenvalue weighted by Crippen LogP contribution is -2.36. The first-order chi connectivity index (χ1) is 7.33. The van der Waals surface area contributed by atoms with Crippen LogP contribution >= 0.6 is 0 Å². The van der Waals surface area contributed by atoms with E-state index in [-0.39, 0.29) is 0 Å². The van der Waals surface area contributed by atoms with Crippen LogP contribution in [0.5, 0.6) is 0 Å². The predicted molar refractivity (Wildman–Crippen MR) is 59.6 cm³/mol. The first kappa shape index (κ1) is 9.22. The summed E-state index contributed by atoms with van der Waals surface area (Å²) < 4.78 is 5.64. The zero-order valence-electron chi connectivity index (χ0n) is 9.15. The largest absolute Gasteiger partial charge is 0.465 e. The van der Waals surface area contributed by atoms with E-state index >= 15 is 0 Å². The minimum atomic E-state index is 0.661. The Hall–Kier alpha value is -1.02. The predicted octanol–water partition coefficient (Wildman–Crippen LogP) is 2.88. The Labute approximate surface area is 90.6 Å². The minimum absolute atomic E-state index is 0.661. The molecule has 0 saturated carbocycles. The zero-order chi connectivity index (χ0) is 10.3. The van der Waals surface area contributed by atoms with Crippen molar-refractivity contribution in [3.63, 3.8) is 0 Å². The van der Waals surface area contributed by atoms with Gasteiger partial charge >= 0.3 is 0 Å². The van der Waals surface area contributed by atoms with Crippen molar-refractivity contribution in [3.05, 3.63) is 35.8 Å². The second kappa shape index (κ2) is 3.53. The summed E-state index contributed by atoms with van der Waals surface area (Å²) in [5.74, 6) is 2.13. The molecule has 1 aromatic rings. The lowest BCUT2D eigenvalue weighted by atomic mass is 10.1. The van der Waals surface area contributed by atoms with Crippen LogP contribution in [0, 0.1) is 6.92 Å². The Morgan fingerprint density at radius 1 is 1.40 bits per heavy atom. The molecule has 2 atom stereocenters. The summed E-state index contributed by atoms with van der Waals surface area (Å²) >= 11 is 0. The van der Waals surface area contributed by atoms with Gasteiger partial charge in [-0.2, -0.15) is 0 Å². The van der Waals surface area contributed by atoms with E-state index in [1.165, 1.54) is 19.3 Å². The minimum Gasteiger partial charge on any atom is -0.465 e. The van der Waals surface area contributed by atoms with E-state index in [2.05, 4.69) is 29.2 Å². The monoisotopic (exact) mass is 203 g/mol. The fraction of sp³-hybridized carbons (Fsp3) is 0.538. The average molecular weight is 203 g/mol. The van der Waals surface area contributed by atoms with Gasteiger partial charge in [-0.25, -0.2) is 0 Å². The maximum Gasteiger partial charge on any atom is 0.118 e. The van der Waals surface area contributed by atoms with Gasteiger partial charge in [-0.15, -0.1) is 0 Å². The van der Waals surface area contributed by atoms with Gasteiger partial charge in [0.15, 0.2) is 0 Å². The van der Waals surface area contributed by atoms with Crippen molar-refractivity contribution < 1.29 is 4.42 Å². The van der Waals surface area contributed by atoms with Crippen LogP contribution in [-0.2, 0) is 6.54 Å². The van der Waals surface area contributed by atoms with E-state index < -0.39 is 0 Å². The first-order valence-corrected chi connectivity index (χ1v) is 5.80. The summed E-state index contributed by atoms with van der Waals surface area (Å²) in [5, 5.41) is 0. The molecule has 0 radical (unpaired) electrons. The smallest absolute Gasteiger partial charge is 0.118 e. The molecule has 0 spiro atoms. The van der Waals surface area contributed by atoms with Crippen LogP contribution < -0.4 is 0 Å². The lowest BCUT2D eigenvalue weighted by Gasteiger charge is -2.30. The third kappa shape index (κ3) is 1.63. The first-order valence-electron chi connectivity index (χ1n) is 5.80. The van der Waals surface area contributed by atoms with Crippen LogP contribution in [0.4, 0.5) is 0 Å². The van der Waals surface area contributed by atoms with Crippen LogP contribution in [0.1, 0.15) is 30.8 Å². The molecule has 2 bridgehead atoms. The molecule has 80 valence electrons. The third-order valence-electron chi connectivity index (χ3n) is 3.59. The highest BCUT2D eigenvalue weighted by Gasteiger charge is 2.33. The molecule has 1 aromatic heterocycles. The van der Waals surface area contributed by atoms with E-state index in [4.69, 9.17) is 4.42 Å². The van der Waals surface area contributed by atoms with Crippen molar-refractivity contribution >= 4 is 0 Å². The van der Waals surface area contributed by atoms with Crippen molar-refractivity contribution in [2.75, 3.05) is 0 Å². The molecular weight excluding hydrogens is 186 g/mol. The van der Waals surface area contributed by atoms with Crippen LogP contribution in [0.15, 0.2) is 28.7 Å². The van der Waals surface area contributed by atoms with Crippen molar-refractivity contribution in [1.29, 1.82) is 0 Å². The highest BCUT2D eigenvalue weighted by Crippen LogP contribution is 2.32. The second-order valence-corrected chi connectivity index (χ2v) is 4.65. The number of fused-ring (bicyclic) bond motifs is 2. The maximum absolute atomic E-state index is 5.64. The number of hydrogen-bond acceptors (Lipinski definition) is 2. The van der Waals surface area contributed by atoms with E-state index in [1.54, 1.807) is 0 Å². The number of rotatable bonds is 2. The van der Waals surface area contributed by atoms with Crippen molar-refractivity contribution in [1.82, 2.24) is 4.90 Å². The van der Waals surface area contributed by atoms with Crippen molar-refractivity contribution in [2.24, 2.45) is 0 Å². The van der Waals surface area contributed by atoms with Gasteiger partial charge in [0.25, 0.3) is 0 Å². The van der Waals surface area contributed by atoms with Gasteiger partial charge in [-0.3, -0.25) is 4.90 Å². The molecule has 0 aliphatic carbocycles. The summed E-state index contributed by atoms with van der Waals surface area (Å²) in [5.41, 5.74) is 0. The summed E-state index contributed by atoms with van der Waals surface area (Å²) in [6, 6.07) is 5.57. The molecule has 3 heterocycles. The Morgan fingerprint density at radius 3 is 3.07 bits per heavy atom. The van der Waals surface area contributed by atoms with Crippen LogP contribution in [0.3, 0.4) is 0 Å². The topological polar surface area (TPSA) is 16.4 Å². The molecule has 1 saturated heterocycles. The zero-order valence-corrected chi connectivity index (χ0v) is 9.15. The molecule has 2 aliphatic rings. The van der Waals surface area contributed by atoms with E-state index in [9.17, 15) is 0 Å². The van der Waals surface area contributed by atoms with Gasteiger partial charge in [0.2, 0.25) is 0 Å². The molecule has 2 heteroatoms. The molecule has 0 aromatic carbocycles. The van der Waals surface area contributed by atoms with E-state index in [0.29, 0.717) is 6.04 Å². The second-order valence-electron chi connectivity index (χ2n) is 4.65. The lowest BCUT2D eigenvalue weighted by molar-refractivity contribution is 0.184. The molecule has 2 nitrogen and oxygen atoms in total. The van der Waals surface area contributed by atoms with E-state index in [1.807, 2.05) is 6.92 Å². The SMILES string of the molecule is Cc1ccc(CN2C3C=CCC2CC3)o1. The molecule has 3 rings (SSSR count). The summed E-state index contributed by atoms with van der Waals surface area (Å²) in [7, 11) is 0. The van der Waals surface area contributed by atoms with Crippen LogP contribution in [0.2, 0.25) is 0 Å². The standard InChI is InChI=1S/C13H17NO/c1-10-5-8-13(15-10)9-14-11-3-2-4-12(14)7-6-11/h2-3,5,8,11-12H,4,6-7,9H2,1H3. The Balaban J connectivity index is 1.76. The van der Waals surface area contributed by atoms with Crippen molar-refractivity contribution in [2.45, 2.75) is 44.8 Å². The average Bonchev–Trinajstić information content (AvgIpc) is 2.71. The Morgan fingerprint density at radius 2 is 2.33 bits per heavy atom. The number of aryl methyl sites for hydroxylation is 1. The summed E-state index contributed by atoms with van der Waals surface area (Å²) in [6.07, 6.45) is 8.58. The molecule has 0 N–H and O–H groups in total. The molecule has 1 fully saturated rings. The number of furan rings is 1. The summed E-state index contributed by atoms with van der Waals surface area (Å²) in [4.78, 5) is 2.58. The van der Waals surface area contributed by atoms with E-state index in [0.717, 1.165) is 24.1 Å². The Kier molecular flexibility index (Phi) is 2.17. The third-order valence-corrected chi connectivity index (χ3v) is 3.59. The quantitative estimate of drug-likeness (QED) is 0.687. The maximum atomic E-state index is 5.64. The highest BCUT2D eigenvalue weighted by molar-refractivity contribution is 5.11. The fourth-order valence-corrected chi connectivity index (χ4v) is 2.81. The van der Waals surface area contributed by atoms with Gasteiger partial charge in [-0.05, 0) is 38.3 Å². The van der Waals surface area contributed by atoms with Crippen LogP contribution in [0.25, 0.3) is 0 Å². The van der Waals surface area contributed by atoms with Crippen molar-refractivity contribution in [3.8, 4) is 0 Å².